The first-order chi connectivity index (χ1) is 7.75. The number of carbonyl (C=O) groups excluding carboxylic acids is 1. The quantitative estimate of drug-likeness (QED) is 0.898. The van der Waals surface area contributed by atoms with E-state index >= 15 is 0 Å². The van der Waals surface area contributed by atoms with Gasteiger partial charge in [-0.05, 0) is 19.3 Å². The molecule has 0 saturated heterocycles. The van der Waals surface area contributed by atoms with Gasteiger partial charge in [0.25, 0.3) is 0 Å². The number of nitrogens with zero attached hydrogens (tertiary/aromatic N) is 1. The normalized spacial score (nSPS) is 22.5. The molecular weight excluding hydrogens is 293 g/mol. The van der Waals surface area contributed by atoms with Gasteiger partial charge in [0.2, 0.25) is 5.91 Å². The summed E-state index contributed by atoms with van der Waals surface area (Å²) in [7, 11) is 0. The lowest BCUT2D eigenvalue weighted by Gasteiger charge is -2.25. The Morgan fingerprint density at radius 3 is 2.89 bits per heavy atom. The van der Waals surface area contributed by atoms with Gasteiger partial charge in [0.05, 0.1) is 17.7 Å². The van der Waals surface area contributed by atoms with Crippen molar-refractivity contribution in [2.45, 2.75) is 38.3 Å². The largest absolute Gasteiger partial charge is 0.350 e. The molecule has 1 fully saturated rings. The molecule has 0 bridgehead atoms. The first-order valence-corrected chi connectivity index (χ1v) is 6.60. The van der Waals surface area contributed by atoms with Crippen LogP contribution in [0.5, 0.6) is 0 Å². The molecule has 0 aliphatic heterocycles. The van der Waals surface area contributed by atoms with Gasteiger partial charge in [-0.3, -0.25) is 4.79 Å². The molecular formula is C11H19Cl2N3OS. The predicted molar refractivity (Wildman–Crippen MR) is 78.4 cm³/mol. The topological polar surface area (TPSA) is 68.0 Å². The second-order valence-corrected chi connectivity index (χ2v) is 5.04. The van der Waals surface area contributed by atoms with E-state index < -0.39 is 0 Å². The molecule has 1 saturated carbocycles. The fraction of sp³-hybridized carbons (Fsp3) is 0.636. The van der Waals surface area contributed by atoms with Gasteiger partial charge >= 0.3 is 0 Å². The van der Waals surface area contributed by atoms with Crippen molar-refractivity contribution in [1.82, 2.24) is 10.3 Å². The van der Waals surface area contributed by atoms with Gasteiger partial charge in [-0.2, -0.15) is 0 Å². The van der Waals surface area contributed by atoms with Crippen LogP contribution in [0.2, 0.25) is 0 Å². The van der Waals surface area contributed by atoms with E-state index in [0.717, 1.165) is 31.4 Å². The Kier molecular flexibility index (Phi) is 8.52. The number of nitrogens with two attached hydrogens (primary N) is 1. The van der Waals surface area contributed by atoms with Crippen molar-refractivity contribution >= 4 is 42.1 Å². The maximum Gasteiger partial charge on any atom is 0.223 e. The highest BCUT2D eigenvalue weighted by atomic mass is 35.5. The van der Waals surface area contributed by atoms with Crippen molar-refractivity contribution in [3.05, 3.63) is 16.6 Å². The molecule has 1 aliphatic carbocycles. The minimum absolute atomic E-state index is 0. The standard InChI is InChI=1S/C11H17N3OS.2ClH/c12-9-3-1-2-8(4-9)11(15)13-5-10-6-16-7-14-10;;/h6-9H,1-5,12H2,(H,13,15);2*1H. The molecule has 2 unspecified atom stereocenters. The number of carbonyl (C=O) groups is 1. The molecule has 1 aromatic rings. The van der Waals surface area contributed by atoms with Crippen LogP contribution in [0.15, 0.2) is 10.9 Å². The third-order valence-electron chi connectivity index (χ3n) is 3.01. The van der Waals surface area contributed by atoms with Crippen LogP contribution in [0.4, 0.5) is 0 Å². The Labute approximate surface area is 124 Å². The van der Waals surface area contributed by atoms with E-state index in [-0.39, 0.29) is 42.7 Å². The highest BCUT2D eigenvalue weighted by molar-refractivity contribution is 7.07. The van der Waals surface area contributed by atoms with E-state index in [9.17, 15) is 4.79 Å². The maximum absolute atomic E-state index is 11.8. The maximum atomic E-state index is 11.8. The molecule has 104 valence electrons. The van der Waals surface area contributed by atoms with Crippen LogP contribution >= 0.6 is 36.2 Å². The molecule has 1 amide bonds. The molecule has 18 heavy (non-hydrogen) atoms. The molecule has 4 nitrogen and oxygen atoms in total. The summed E-state index contributed by atoms with van der Waals surface area (Å²) in [6.45, 7) is 0.536. The van der Waals surface area contributed by atoms with Crippen LogP contribution in [-0.2, 0) is 11.3 Å². The zero-order valence-electron chi connectivity index (χ0n) is 10.0. The highest BCUT2D eigenvalue weighted by Gasteiger charge is 2.24. The van der Waals surface area contributed by atoms with Gasteiger partial charge in [-0.1, -0.05) is 6.42 Å². The Morgan fingerprint density at radius 1 is 1.50 bits per heavy atom. The summed E-state index contributed by atoms with van der Waals surface area (Å²) < 4.78 is 0. The van der Waals surface area contributed by atoms with Crippen molar-refractivity contribution in [1.29, 1.82) is 0 Å². The second kappa shape index (κ2) is 8.69. The molecule has 1 aliphatic rings. The zero-order valence-corrected chi connectivity index (χ0v) is 12.5. The third-order valence-corrected chi connectivity index (χ3v) is 3.65. The molecule has 2 rings (SSSR count). The molecule has 1 heterocycles. The number of hydrogen-bond donors (Lipinski definition) is 2. The lowest BCUT2D eigenvalue weighted by atomic mass is 9.85. The van der Waals surface area contributed by atoms with E-state index in [1.807, 2.05) is 5.38 Å². The predicted octanol–water partition coefficient (Wildman–Crippen LogP) is 2.12. The third kappa shape index (κ3) is 5.10. The number of nitrogens with one attached hydrogen (secondary N) is 1. The van der Waals surface area contributed by atoms with Gasteiger partial charge in [0.1, 0.15) is 0 Å². The van der Waals surface area contributed by atoms with Crippen LogP contribution in [0.25, 0.3) is 0 Å². The molecule has 0 spiro atoms. The smallest absolute Gasteiger partial charge is 0.223 e. The summed E-state index contributed by atoms with van der Waals surface area (Å²) in [5.74, 6) is 0.227. The van der Waals surface area contributed by atoms with Crippen molar-refractivity contribution in [2.24, 2.45) is 11.7 Å². The molecule has 0 radical (unpaired) electrons. The molecule has 7 heteroatoms. The van der Waals surface area contributed by atoms with E-state index in [2.05, 4.69) is 10.3 Å². The Morgan fingerprint density at radius 2 is 2.28 bits per heavy atom. The van der Waals surface area contributed by atoms with Crippen LogP contribution in [0.1, 0.15) is 31.4 Å². The average molecular weight is 312 g/mol. The fourth-order valence-corrected chi connectivity index (χ4v) is 2.67. The molecule has 3 N–H and O–H groups in total. The Bertz CT molecular complexity index is 348. The lowest BCUT2D eigenvalue weighted by Crippen LogP contribution is -2.37. The van der Waals surface area contributed by atoms with Crippen LogP contribution < -0.4 is 11.1 Å². The first kappa shape index (κ1) is 17.6. The summed E-state index contributed by atoms with van der Waals surface area (Å²) in [6, 6.07) is 0.198. The van der Waals surface area contributed by atoms with E-state index in [4.69, 9.17) is 5.73 Å². The number of amides is 1. The average Bonchev–Trinajstić information content (AvgIpc) is 2.78. The summed E-state index contributed by atoms with van der Waals surface area (Å²) >= 11 is 1.54. The number of rotatable bonds is 3. The van der Waals surface area contributed by atoms with Crippen LogP contribution in [0, 0.1) is 5.92 Å². The minimum Gasteiger partial charge on any atom is -0.350 e. The van der Waals surface area contributed by atoms with Crippen LogP contribution in [0.3, 0.4) is 0 Å². The molecule has 2 atom stereocenters. The highest BCUT2D eigenvalue weighted by Crippen LogP contribution is 2.23. The zero-order chi connectivity index (χ0) is 11.4. The molecule has 0 aromatic carbocycles. The number of aromatic nitrogens is 1. The van der Waals surface area contributed by atoms with Crippen LogP contribution in [-0.4, -0.2) is 16.9 Å². The van der Waals surface area contributed by atoms with E-state index in [1.54, 1.807) is 16.8 Å². The summed E-state index contributed by atoms with van der Waals surface area (Å²) in [4.78, 5) is 16.0. The first-order valence-electron chi connectivity index (χ1n) is 5.66. The van der Waals surface area contributed by atoms with Gasteiger partial charge < -0.3 is 11.1 Å². The lowest BCUT2D eigenvalue weighted by molar-refractivity contribution is -0.126. The van der Waals surface area contributed by atoms with E-state index in [1.165, 1.54) is 0 Å². The Hall–Kier alpha value is -0.360. The fourth-order valence-electron chi connectivity index (χ4n) is 2.11. The number of halogens is 2. The van der Waals surface area contributed by atoms with Crippen molar-refractivity contribution in [2.75, 3.05) is 0 Å². The second-order valence-electron chi connectivity index (χ2n) is 4.32. The van der Waals surface area contributed by atoms with E-state index in [0.29, 0.717) is 6.54 Å². The molecule has 1 aromatic heterocycles. The SMILES string of the molecule is Cl.Cl.NC1CCCC(C(=O)NCc2cscn2)C1. The Balaban J connectivity index is 0.00000144. The minimum atomic E-state index is 0. The summed E-state index contributed by atoms with van der Waals surface area (Å²) in [5, 5.41) is 4.88. The van der Waals surface area contributed by atoms with Crippen molar-refractivity contribution < 1.29 is 4.79 Å². The summed E-state index contributed by atoms with van der Waals surface area (Å²) in [5.41, 5.74) is 8.57. The van der Waals surface area contributed by atoms with Gasteiger partial charge in [0, 0.05) is 17.3 Å². The van der Waals surface area contributed by atoms with Gasteiger partial charge in [-0.15, -0.1) is 36.2 Å². The van der Waals surface area contributed by atoms with Gasteiger partial charge in [-0.25, -0.2) is 4.98 Å². The summed E-state index contributed by atoms with van der Waals surface area (Å²) in [6.07, 6.45) is 3.91. The van der Waals surface area contributed by atoms with Gasteiger partial charge in [0.15, 0.2) is 0 Å². The van der Waals surface area contributed by atoms with Crippen molar-refractivity contribution in [3.8, 4) is 0 Å². The van der Waals surface area contributed by atoms with Crippen molar-refractivity contribution in [3.63, 3.8) is 0 Å². The number of hydrogen-bond acceptors (Lipinski definition) is 4. The monoisotopic (exact) mass is 311 g/mol. The number of thiazole rings is 1.